The molecule has 1 fully saturated rings. The summed E-state index contributed by atoms with van der Waals surface area (Å²) in [5.41, 5.74) is -0.0466. The third-order valence-corrected chi connectivity index (χ3v) is 9.80. The molecule has 0 spiro atoms. The van der Waals surface area contributed by atoms with E-state index in [-0.39, 0.29) is 20.6 Å². The van der Waals surface area contributed by atoms with Gasteiger partial charge in [0.25, 0.3) is 10.0 Å². The fourth-order valence-electron chi connectivity index (χ4n) is 5.40. The Morgan fingerprint density at radius 2 is 1.70 bits per heavy atom. The molecule has 0 amide bonds. The number of nitrogens with zero attached hydrogens (tertiary/aromatic N) is 5. The van der Waals surface area contributed by atoms with Gasteiger partial charge < -0.3 is 14.7 Å². The molecule has 43 heavy (non-hydrogen) atoms. The molecule has 3 heterocycles. The Kier molecular flexibility index (Phi) is 8.63. The summed E-state index contributed by atoms with van der Waals surface area (Å²) >= 11 is 12.3. The Morgan fingerprint density at radius 3 is 2.28 bits per heavy atom. The molecule has 0 saturated carbocycles. The Labute approximate surface area is 260 Å². The highest BCUT2D eigenvalue weighted by molar-refractivity contribution is 7.93. The fourth-order valence-corrected chi connectivity index (χ4v) is 7.91. The molecule has 13 heteroatoms. The number of carboxylic acid groups (broad SMARTS) is 1. The maximum atomic E-state index is 14.1. The summed E-state index contributed by atoms with van der Waals surface area (Å²) in [6.07, 6.45) is 3.67. The third-order valence-electron chi connectivity index (χ3n) is 7.59. The standard InChI is InChI=1S/C30H33Cl2N5O5S/c1-30(2,3)28(29(38)39)37(43(40,41)24-17-20(31)16-21(32)18-24)23-5-6-25-19(15-23)9-12-36(25)27-8-7-26(33-34-27)35(4)22-10-13-42-14-11-22/h5-9,12,15-18,22,28H,10-11,13-14H2,1-4H3,(H,38,39). The summed E-state index contributed by atoms with van der Waals surface area (Å²) in [5.74, 6) is 0.0595. The molecular formula is C30H33Cl2N5O5S. The number of hydrogen-bond acceptors (Lipinski definition) is 7. The zero-order valence-corrected chi connectivity index (χ0v) is 26.6. The van der Waals surface area contributed by atoms with Gasteiger partial charge in [0.2, 0.25) is 0 Å². The van der Waals surface area contributed by atoms with Gasteiger partial charge in [-0.15, -0.1) is 10.2 Å². The van der Waals surface area contributed by atoms with Crippen molar-refractivity contribution in [2.45, 2.75) is 50.6 Å². The van der Waals surface area contributed by atoms with Gasteiger partial charge in [0, 0.05) is 47.9 Å². The first kappa shape index (κ1) is 31.1. The quantitative estimate of drug-likeness (QED) is 0.246. The van der Waals surface area contributed by atoms with Crippen LogP contribution in [0.5, 0.6) is 0 Å². The van der Waals surface area contributed by atoms with Crippen molar-refractivity contribution in [2.24, 2.45) is 5.41 Å². The first-order valence-electron chi connectivity index (χ1n) is 13.8. The Bertz CT molecular complexity index is 1730. The number of anilines is 2. The summed E-state index contributed by atoms with van der Waals surface area (Å²) in [6.45, 7) is 6.49. The van der Waals surface area contributed by atoms with Gasteiger partial charge in [-0.25, -0.2) is 13.2 Å². The van der Waals surface area contributed by atoms with E-state index in [1.165, 1.54) is 18.2 Å². The van der Waals surface area contributed by atoms with Crippen LogP contribution in [0.2, 0.25) is 10.0 Å². The highest BCUT2D eigenvalue weighted by atomic mass is 35.5. The molecule has 0 radical (unpaired) electrons. The van der Waals surface area contributed by atoms with Crippen LogP contribution in [0.4, 0.5) is 11.5 Å². The SMILES string of the molecule is CN(c1ccc(-n2ccc3cc(N(C(C(=O)O)C(C)(C)C)S(=O)(=O)c4cc(Cl)cc(Cl)c4)ccc32)nn1)C1CCOCC1. The molecule has 1 saturated heterocycles. The van der Waals surface area contributed by atoms with Crippen molar-refractivity contribution in [3.63, 3.8) is 0 Å². The summed E-state index contributed by atoms with van der Waals surface area (Å²) in [7, 11) is -2.42. The number of carbonyl (C=O) groups is 1. The topological polar surface area (TPSA) is 118 Å². The number of sulfonamides is 1. The number of aromatic nitrogens is 3. The van der Waals surface area contributed by atoms with Crippen LogP contribution in [-0.4, -0.2) is 66.6 Å². The minimum absolute atomic E-state index is 0.118. The lowest BCUT2D eigenvalue weighted by atomic mass is 9.86. The maximum Gasteiger partial charge on any atom is 0.328 e. The second-order valence-electron chi connectivity index (χ2n) is 11.6. The second kappa shape index (κ2) is 12.0. The van der Waals surface area contributed by atoms with Crippen molar-refractivity contribution in [1.82, 2.24) is 14.8 Å². The normalized spacial score (nSPS) is 15.4. The summed E-state index contributed by atoms with van der Waals surface area (Å²) in [5, 5.41) is 20.1. The molecule has 4 aromatic rings. The predicted octanol–water partition coefficient (Wildman–Crippen LogP) is 6.04. The number of benzene rings is 2. The lowest BCUT2D eigenvalue weighted by molar-refractivity contribution is -0.140. The van der Waals surface area contributed by atoms with E-state index in [1.807, 2.05) is 36.0 Å². The highest BCUT2D eigenvalue weighted by Crippen LogP contribution is 2.37. The molecule has 2 aromatic heterocycles. The minimum atomic E-state index is -4.42. The Hall–Kier alpha value is -3.38. The number of hydrogen-bond donors (Lipinski definition) is 1. The lowest BCUT2D eigenvalue weighted by Crippen LogP contribution is -2.52. The van der Waals surface area contributed by atoms with Crippen LogP contribution in [0.25, 0.3) is 16.7 Å². The number of fused-ring (bicyclic) bond motifs is 1. The molecule has 1 aliphatic rings. The highest BCUT2D eigenvalue weighted by Gasteiger charge is 2.43. The van der Waals surface area contributed by atoms with E-state index in [0.29, 0.717) is 17.2 Å². The van der Waals surface area contributed by atoms with Crippen LogP contribution in [0.3, 0.4) is 0 Å². The van der Waals surface area contributed by atoms with Crippen molar-refractivity contribution in [3.8, 4) is 5.82 Å². The van der Waals surface area contributed by atoms with Crippen molar-refractivity contribution in [3.05, 3.63) is 70.8 Å². The van der Waals surface area contributed by atoms with Gasteiger partial charge in [0.05, 0.1) is 16.1 Å². The number of halogens is 2. The molecule has 5 rings (SSSR count). The van der Waals surface area contributed by atoms with Gasteiger partial charge in [-0.05, 0) is 72.9 Å². The van der Waals surface area contributed by atoms with Crippen molar-refractivity contribution in [2.75, 3.05) is 29.5 Å². The number of aliphatic carboxylic acids is 1. The first-order valence-corrected chi connectivity index (χ1v) is 16.0. The van der Waals surface area contributed by atoms with Crippen molar-refractivity contribution < 1.29 is 23.1 Å². The largest absolute Gasteiger partial charge is 0.480 e. The number of ether oxygens (including phenoxy) is 1. The molecule has 1 atom stereocenters. The fraction of sp³-hybridized carbons (Fsp3) is 0.367. The van der Waals surface area contributed by atoms with Crippen LogP contribution in [0, 0.1) is 5.41 Å². The van der Waals surface area contributed by atoms with E-state index in [9.17, 15) is 18.3 Å². The molecular weight excluding hydrogens is 613 g/mol. The van der Waals surface area contributed by atoms with Crippen LogP contribution in [-0.2, 0) is 19.6 Å². The number of carboxylic acids is 1. The van der Waals surface area contributed by atoms with Crippen LogP contribution >= 0.6 is 23.2 Å². The molecule has 1 aliphatic heterocycles. The van der Waals surface area contributed by atoms with Gasteiger partial charge in [-0.3, -0.25) is 8.87 Å². The third kappa shape index (κ3) is 6.31. The summed E-state index contributed by atoms with van der Waals surface area (Å²) in [6, 6.07) is 13.4. The summed E-state index contributed by atoms with van der Waals surface area (Å²) in [4.78, 5) is 14.5. The van der Waals surface area contributed by atoms with Crippen LogP contribution < -0.4 is 9.21 Å². The molecule has 1 unspecified atom stereocenters. The smallest absolute Gasteiger partial charge is 0.328 e. The van der Waals surface area contributed by atoms with Gasteiger partial charge in [-0.1, -0.05) is 44.0 Å². The van der Waals surface area contributed by atoms with Crippen molar-refractivity contribution >= 4 is 61.6 Å². The molecule has 10 nitrogen and oxygen atoms in total. The van der Waals surface area contributed by atoms with E-state index < -0.39 is 27.4 Å². The molecule has 1 N–H and O–H groups in total. The summed E-state index contributed by atoms with van der Waals surface area (Å²) < 4.78 is 36.5. The van der Waals surface area contributed by atoms with Gasteiger partial charge >= 0.3 is 5.97 Å². The molecule has 2 aromatic carbocycles. The van der Waals surface area contributed by atoms with E-state index >= 15 is 0 Å². The monoisotopic (exact) mass is 645 g/mol. The predicted molar refractivity (Wildman–Crippen MR) is 168 cm³/mol. The average molecular weight is 647 g/mol. The molecule has 0 aliphatic carbocycles. The van der Waals surface area contributed by atoms with Crippen LogP contribution in [0.1, 0.15) is 33.6 Å². The first-order chi connectivity index (χ1) is 20.3. The number of rotatable bonds is 8. The average Bonchev–Trinajstić information content (AvgIpc) is 3.38. The zero-order chi connectivity index (χ0) is 31.1. The molecule has 228 valence electrons. The molecule has 0 bridgehead atoms. The van der Waals surface area contributed by atoms with Gasteiger partial charge in [-0.2, -0.15) is 0 Å². The lowest BCUT2D eigenvalue weighted by Gasteiger charge is -2.37. The second-order valence-corrected chi connectivity index (χ2v) is 14.3. The Balaban J connectivity index is 1.55. The van der Waals surface area contributed by atoms with Crippen LogP contribution in [0.15, 0.2) is 65.7 Å². The van der Waals surface area contributed by atoms with E-state index in [0.717, 1.165) is 41.7 Å². The minimum Gasteiger partial charge on any atom is -0.480 e. The van der Waals surface area contributed by atoms with E-state index in [4.69, 9.17) is 27.9 Å². The van der Waals surface area contributed by atoms with E-state index in [1.54, 1.807) is 39.0 Å². The van der Waals surface area contributed by atoms with Crippen molar-refractivity contribution in [1.29, 1.82) is 0 Å². The maximum absolute atomic E-state index is 14.1. The van der Waals surface area contributed by atoms with Gasteiger partial charge in [0.1, 0.15) is 6.04 Å². The zero-order valence-electron chi connectivity index (χ0n) is 24.2. The Morgan fingerprint density at radius 1 is 1.02 bits per heavy atom. The van der Waals surface area contributed by atoms with E-state index in [2.05, 4.69) is 15.1 Å². The van der Waals surface area contributed by atoms with Gasteiger partial charge in [0.15, 0.2) is 11.6 Å².